The lowest BCUT2D eigenvalue weighted by atomic mass is 10.1. The van der Waals surface area contributed by atoms with E-state index in [1.54, 1.807) is 7.11 Å². The second-order valence-corrected chi connectivity index (χ2v) is 8.37. The second kappa shape index (κ2) is 9.73. The highest BCUT2D eigenvalue weighted by atomic mass is 31.1. The zero-order valence-corrected chi connectivity index (χ0v) is 18.0. The van der Waals surface area contributed by atoms with Gasteiger partial charge in [0.1, 0.15) is 6.61 Å². The van der Waals surface area contributed by atoms with Crippen molar-refractivity contribution in [2.24, 2.45) is 0 Å². The Kier molecular flexibility index (Phi) is 7.08. The van der Waals surface area contributed by atoms with E-state index in [9.17, 15) is 0 Å². The Hall–Kier alpha value is -2.35. The molecule has 0 aliphatic rings. The van der Waals surface area contributed by atoms with Gasteiger partial charge in [0.05, 0.1) is 7.11 Å². The fourth-order valence-corrected chi connectivity index (χ4v) is 4.53. The fraction of sp³-hybridized carbons (Fsp3) is 0.250. The third-order valence-electron chi connectivity index (χ3n) is 4.53. The van der Waals surface area contributed by atoms with Crippen LogP contribution in [-0.2, 0) is 13.2 Å². The number of hydrogen-bond donors (Lipinski definition) is 0. The van der Waals surface area contributed by atoms with Gasteiger partial charge in [0.15, 0.2) is 11.5 Å². The van der Waals surface area contributed by atoms with E-state index in [2.05, 4.69) is 62.3 Å². The van der Waals surface area contributed by atoms with Gasteiger partial charge in [0.2, 0.25) is 0 Å². The van der Waals surface area contributed by atoms with Crippen molar-refractivity contribution in [3.8, 4) is 11.5 Å². The molecule has 0 saturated carbocycles. The maximum Gasteiger partial charge on any atom is 0.169 e. The van der Waals surface area contributed by atoms with Gasteiger partial charge in [-0.15, -0.1) is 0 Å². The van der Waals surface area contributed by atoms with E-state index in [4.69, 9.17) is 9.47 Å². The van der Waals surface area contributed by atoms with E-state index in [0.29, 0.717) is 15.2 Å². The van der Waals surface area contributed by atoms with Crippen molar-refractivity contribution in [2.45, 2.75) is 20.1 Å². The summed E-state index contributed by atoms with van der Waals surface area (Å²) in [5, 5.41) is 2.55. The molecule has 1 unspecified atom stereocenters. The molecule has 3 aromatic carbocycles. The summed E-state index contributed by atoms with van der Waals surface area (Å²) in [5.74, 6) is 1.62. The predicted octanol–water partition coefficient (Wildman–Crippen LogP) is 4.27. The summed E-state index contributed by atoms with van der Waals surface area (Å²) in [4.78, 5) is 2.21. The minimum atomic E-state index is 0.508. The number of aryl methyl sites for hydroxylation is 1. The molecule has 146 valence electrons. The van der Waals surface area contributed by atoms with Crippen molar-refractivity contribution in [2.75, 3.05) is 21.2 Å². The van der Waals surface area contributed by atoms with Crippen LogP contribution in [0.4, 0.5) is 0 Å². The Morgan fingerprint density at radius 3 is 2.36 bits per heavy atom. The summed E-state index contributed by atoms with van der Waals surface area (Å²) in [7, 11) is 6.42. The number of ether oxygens (including phenoxy) is 2. The second-order valence-electron chi connectivity index (χ2n) is 7.08. The molecule has 0 aliphatic carbocycles. The Bertz CT molecular complexity index is 910. The molecule has 3 nitrogen and oxygen atoms in total. The number of methoxy groups -OCH3 is 1. The average molecular weight is 393 g/mol. The van der Waals surface area contributed by atoms with Crippen LogP contribution in [0, 0.1) is 6.92 Å². The lowest BCUT2D eigenvalue weighted by Crippen LogP contribution is -2.20. The SMILES string of the molecule is COc1cccc(Pc2c(C)cccc2CN(C)C)c1OCc1ccccc1. The molecule has 0 aromatic heterocycles. The van der Waals surface area contributed by atoms with Gasteiger partial charge in [-0.25, -0.2) is 0 Å². The summed E-state index contributed by atoms with van der Waals surface area (Å²) in [6, 6.07) is 22.9. The van der Waals surface area contributed by atoms with Crippen LogP contribution in [0.3, 0.4) is 0 Å². The van der Waals surface area contributed by atoms with Gasteiger partial charge >= 0.3 is 0 Å². The molecule has 0 bridgehead atoms. The fourth-order valence-electron chi connectivity index (χ4n) is 3.17. The number of rotatable bonds is 8. The molecule has 0 N–H and O–H groups in total. The van der Waals surface area contributed by atoms with Gasteiger partial charge in [0, 0.05) is 11.8 Å². The normalized spacial score (nSPS) is 11.3. The minimum Gasteiger partial charge on any atom is -0.493 e. The Balaban J connectivity index is 1.92. The van der Waals surface area contributed by atoms with Crippen molar-refractivity contribution in [3.05, 3.63) is 83.4 Å². The molecule has 0 saturated heterocycles. The van der Waals surface area contributed by atoms with Gasteiger partial charge in [-0.1, -0.05) is 69.2 Å². The van der Waals surface area contributed by atoms with Crippen molar-refractivity contribution in [3.63, 3.8) is 0 Å². The van der Waals surface area contributed by atoms with Crippen LogP contribution in [0.5, 0.6) is 11.5 Å². The Morgan fingerprint density at radius 1 is 0.893 bits per heavy atom. The molecule has 3 aromatic rings. The van der Waals surface area contributed by atoms with E-state index in [-0.39, 0.29) is 0 Å². The standard InChI is InChI=1S/C24H28NO2P/c1-18-10-8-13-20(16-25(2)3)24(18)28-22-15-9-14-21(26-4)23(22)27-17-19-11-6-5-7-12-19/h5-15,28H,16-17H2,1-4H3. The molecule has 0 spiro atoms. The van der Waals surface area contributed by atoms with Crippen LogP contribution in [0.25, 0.3) is 0 Å². The maximum atomic E-state index is 6.25. The lowest BCUT2D eigenvalue weighted by molar-refractivity contribution is 0.287. The summed E-state index contributed by atoms with van der Waals surface area (Å²) in [6.07, 6.45) is 0. The molecule has 0 radical (unpaired) electrons. The first kappa shape index (κ1) is 20.4. The minimum absolute atomic E-state index is 0.508. The lowest BCUT2D eigenvalue weighted by Gasteiger charge is -2.19. The van der Waals surface area contributed by atoms with Crippen LogP contribution in [0.15, 0.2) is 66.7 Å². The molecule has 0 fully saturated rings. The molecular weight excluding hydrogens is 365 g/mol. The predicted molar refractivity (Wildman–Crippen MR) is 120 cm³/mol. The quantitative estimate of drug-likeness (QED) is 0.534. The summed E-state index contributed by atoms with van der Waals surface area (Å²) in [5.41, 5.74) is 3.82. The summed E-state index contributed by atoms with van der Waals surface area (Å²) < 4.78 is 11.9. The zero-order chi connectivity index (χ0) is 19.9. The maximum absolute atomic E-state index is 6.25. The summed E-state index contributed by atoms with van der Waals surface area (Å²) >= 11 is 0. The molecule has 1 atom stereocenters. The van der Waals surface area contributed by atoms with Crippen LogP contribution < -0.4 is 20.1 Å². The highest BCUT2D eigenvalue weighted by Gasteiger charge is 2.15. The molecule has 0 aliphatic heterocycles. The third-order valence-corrected chi connectivity index (χ3v) is 6.16. The van der Waals surface area contributed by atoms with Gasteiger partial charge in [-0.2, -0.15) is 0 Å². The number of benzene rings is 3. The summed E-state index contributed by atoms with van der Waals surface area (Å²) in [6.45, 7) is 3.64. The first-order valence-corrected chi connectivity index (χ1v) is 10.4. The molecule has 0 heterocycles. The van der Waals surface area contributed by atoms with E-state index >= 15 is 0 Å². The van der Waals surface area contributed by atoms with E-state index in [1.165, 1.54) is 21.7 Å². The van der Waals surface area contributed by atoms with E-state index in [1.807, 2.05) is 30.3 Å². The number of nitrogens with zero attached hydrogens (tertiary/aromatic N) is 1. The first-order chi connectivity index (χ1) is 13.6. The van der Waals surface area contributed by atoms with Crippen molar-refractivity contribution < 1.29 is 9.47 Å². The molecule has 3 rings (SSSR count). The van der Waals surface area contributed by atoms with Gasteiger partial charge in [-0.05, 0) is 49.1 Å². The van der Waals surface area contributed by atoms with E-state index in [0.717, 1.165) is 23.6 Å². The molecule has 28 heavy (non-hydrogen) atoms. The number of para-hydroxylation sites is 1. The number of hydrogen-bond acceptors (Lipinski definition) is 3. The van der Waals surface area contributed by atoms with Gasteiger partial charge in [-0.3, -0.25) is 0 Å². The largest absolute Gasteiger partial charge is 0.493 e. The smallest absolute Gasteiger partial charge is 0.169 e. The van der Waals surface area contributed by atoms with Crippen molar-refractivity contribution >= 4 is 19.2 Å². The van der Waals surface area contributed by atoms with Crippen LogP contribution in [0.1, 0.15) is 16.7 Å². The Morgan fingerprint density at radius 2 is 1.64 bits per heavy atom. The topological polar surface area (TPSA) is 21.7 Å². The zero-order valence-electron chi connectivity index (χ0n) is 17.0. The van der Waals surface area contributed by atoms with Gasteiger partial charge < -0.3 is 14.4 Å². The highest BCUT2D eigenvalue weighted by molar-refractivity contribution is 7.56. The van der Waals surface area contributed by atoms with Crippen molar-refractivity contribution in [1.82, 2.24) is 4.90 Å². The van der Waals surface area contributed by atoms with E-state index < -0.39 is 0 Å². The molecular formula is C24H28NO2P. The Labute approximate surface area is 170 Å². The molecule has 0 amide bonds. The van der Waals surface area contributed by atoms with Crippen molar-refractivity contribution in [1.29, 1.82) is 0 Å². The average Bonchev–Trinajstić information content (AvgIpc) is 2.69. The van der Waals surface area contributed by atoms with Crippen LogP contribution >= 0.6 is 8.58 Å². The third kappa shape index (κ3) is 5.13. The van der Waals surface area contributed by atoms with Crippen LogP contribution in [0.2, 0.25) is 0 Å². The highest BCUT2D eigenvalue weighted by Crippen LogP contribution is 2.31. The van der Waals surface area contributed by atoms with Gasteiger partial charge in [0.25, 0.3) is 0 Å². The first-order valence-electron chi connectivity index (χ1n) is 9.42. The monoisotopic (exact) mass is 393 g/mol. The van der Waals surface area contributed by atoms with Crippen LogP contribution in [-0.4, -0.2) is 26.1 Å². The molecule has 4 heteroatoms.